The second kappa shape index (κ2) is 6.33. The van der Waals surface area contributed by atoms with Crippen LogP contribution in [0.1, 0.15) is 26.7 Å². The van der Waals surface area contributed by atoms with Gasteiger partial charge in [0.1, 0.15) is 0 Å². The average Bonchev–Trinajstić information content (AvgIpc) is 2.30. The van der Waals surface area contributed by atoms with Crippen molar-refractivity contribution in [3.05, 3.63) is 0 Å². The van der Waals surface area contributed by atoms with Crippen molar-refractivity contribution in [3.63, 3.8) is 0 Å². The molecule has 0 aromatic carbocycles. The first-order valence-electron chi connectivity index (χ1n) is 5.69. The molecule has 1 aliphatic heterocycles. The molecule has 3 nitrogen and oxygen atoms in total. The van der Waals surface area contributed by atoms with Crippen LogP contribution in [0, 0.1) is 5.92 Å². The van der Waals surface area contributed by atoms with Crippen LogP contribution in [0.2, 0.25) is 0 Å². The van der Waals surface area contributed by atoms with Gasteiger partial charge in [0.2, 0.25) is 5.91 Å². The van der Waals surface area contributed by atoms with Crippen molar-refractivity contribution >= 4 is 17.5 Å². The molecule has 15 heavy (non-hydrogen) atoms. The maximum Gasteiger partial charge on any atom is 0.225 e. The Morgan fingerprint density at radius 1 is 1.53 bits per heavy atom. The maximum atomic E-state index is 12.0. The van der Waals surface area contributed by atoms with E-state index >= 15 is 0 Å². The van der Waals surface area contributed by atoms with E-state index in [0.29, 0.717) is 25.6 Å². The lowest BCUT2D eigenvalue weighted by molar-refractivity contribution is -0.142. The Hall–Kier alpha value is -0.280. The predicted molar refractivity (Wildman–Crippen MR) is 61.1 cm³/mol. The van der Waals surface area contributed by atoms with Crippen LogP contribution in [0.3, 0.4) is 0 Å². The molecule has 0 spiro atoms. The van der Waals surface area contributed by atoms with Crippen molar-refractivity contribution < 1.29 is 9.53 Å². The van der Waals surface area contributed by atoms with Crippen LogP contribution in [-0.2, 0) is 9.53 Å². The first-order valence-corrected chi connectivity index (χ1v) is 6.22. The lowest BCUT2D eigenvalue weighted by Gasteiger charge is -2.34. The van der Waals surface area contributed by atoms with Crippen molar-refractivity contribution in [2.24, 2.45) is 5.92 Å². The average molecular weight is 234 g/mol. The minimum Gasteiger partial charge on any atom is -0.373 e. The summed E-state index contributed by atoms with van der Waals surface area (Å²) in [6, 6.07) is 0. The largest absolute Gasteiger partial charge is 0.373 e. The smallest absolute Gasteiger partial charge is 0.225 e. The summed E-state index contributed by atoms with van der Waals surface area (Å²) in [6.45, 7) is 6.10. The number of morpholine rings is 1. The van der Waals surface area contributed by atoms with E-state index in [1.54, 1.807) is 0 Å². The van der Waals surface area contributed by atoms with Gasteiger partial charge in [0.25, 0.3) is 0 Å². The fraction of sp³-hybridized carbons (Fsp3) is 0.909. The van der Waals surface area contributed by atoms with E-state index in [9.17, 15) is 4.79 Å². The van der Waals surface area contributed by atoms with Gasteiger partial charge >= 0.3 is 0 Å². The molecule has 1 amide bonds. The number of carbonyl (C=O) groups excluding carboxylic acids is 1. The maximum absolute atomic E-state index is 12.0. The summed E-state index contributed by atoms with van der Waals surface area (Å²) in [4.78, 5) is 13.9. The molecule has 0 bridgehead atoms. The Morgan fingerprint density at radius 3 is 2.73 bits per heavy atom. The summed E-state index contributed by atoms with van der Waals surface area (Å²) < 4.78 is 5.43. The van der Waals surface area contributed by atoms with Crippen molar-refractivity contribution in [2.45, 2.75) is 32.8 Å². The van der Waals surface area contributed by atoms with Gasteiger partial charge in [0.15, 0.2) is 0 Å². The van der Waals surface area contributed by atoms with E-state index in [4.69, 9.17) is 16.3 Å². The number of ether oxygens (including phenoxy) is 1. The van der Waals surface area contributed by atoms with Crippen molar-refractivity contribution in [1.29, 1.82) is 0 Å². The zero-order valence-electron chi connectivity index (χ0n) is 9.54. The molecule has 1 fully saturated rings. The minimum atomic E-state index is 0.0127. The zero-order valence-corrected chi connectivity index (χ0v) is 10.3. The van der Waals surface area contributed by atoms with Crippen LogP contribution in [0.5, 0.6) is 0 Å². The van der Waals surface area contributed by atoms with Crippen LogP contribution in [0.4, 0.5) is 0 Å². The molecular weight excluding hydrogens is 214 g/mol. The third-order valence-corrected chi connectivity index (χ3v) is 3.30. The highest BCUT2D eigenvalue weighted by Gasteiger charge is 2.27. The lowest BCUT2D eigenvalue weighted by Crippen LogP contribution is -2.48. The number of amides is 1. The number of alkyl halides is 1. The molecule has 0 saturated carbocycles. The molecule has 1 aliphatic rings. The number of nitrogens with zero attached hydrogens (tertiary/aromatic N) is 1. The Kier molecular flexibility index (Phi) is 5.40. The van der Waals surface area contributed by atoms with Gasteiger partial charge in [0.05, 0.1) is 18.6 Å². The van der Waals surface area contributed by atoms with Gasteiger partial charge in [0, 0.05) is 19.0 Å². The van der Waals surface area contributed by atoms with E-state index in [1.165, 1.54) is 0 Å². The fourth-order valence-corrected chi connectivity index (χ4v) is 2.10. The normalized spacial score (nSPS) is 22.1. The topological polar surface area (TPSA) is 29.5 Å². The molecule has 1 heterocycles. The van der Waals surface area contributed by atoms with Gasteiger partial charge in [-0.2, -0.15) is 0 Å². The number of halogens is 1. The standard InChI is InChI=1S/C11H20ClNO2/c1-3-9(4-2)11(14)13-5-6-15-10(7-12)8-13/h9-10H,3-8H2,1-2H3. The van der Waals surface area contributed by atoms with E-state index in [-0.39, 0.29) is 17.9 Å². The van der Waals surface area contributed by atoms with Gasteiger partial charge < -0.3 is 9.64 Å². The van der Waals surface area contributed by atoms with Crippen LogP contribution < -0.4 is 0 Å². The third-order valence-electron chi connectivity index (χ3n) is 2.96. The molecule has 1 atom stereocenters. The van der Waals surface area contributed by atoms with Gasteiger partial charge in [-0.15, -0.1) is 11.6 Å². The van der Waals surface area contributed by atoms with Gasteiger partial charge in [-0.25, -0.2) is 0 Å². The molecule has 88 valence electrons. The fourth-order valence-electron chi connectivity index (χ4n) is 1.91. The molecule has 1 rings (SSSR count). The van der Waals surface area contributed by atoms with Crippen molar-refractivity contribution in [2.75, 3.05) is 25.6 Å². The van der Waals surface area contributed by atoms with E-state index in [1.807, 2.05) is 4.90 Å². The van der Waals surface area contributed by atoms with Crippen LogP contribution in [0.15, 0.2) is 0 Å². The minimum absolute atomic E-state index is 0.0127. The monoisotopic (exact) mass is 233 g/mol. The second-order valence-corrected chi connectivity index (χ2v) is 4.25. The quantitative estimate of drug-likeness (QED) is 0.694. The van der Waals surface area contributed by atoms with Crippen LogP contribution >= 0.6 is 11.6 Å². The van der Waals surface area contributed by atoms with Gasteiger partial charge in [-0.05, 0) is 12.8 Å². The summed E-state index contributed by atoms with van der Waals surface area (Å²) in [5.74, 6) is 0.893. The van der Waals surface area contributed by atoms with Crippen LogP contribution in [-0.4, -0.2) is 42.5 Å². The molecule has 0 aromatic rings. The first-order chi connectivity index (χ1) is 7.22. The highest BCUT2D eigenvalue weighted by Crippen LogP contribution is 2.15. The Labute approximate surface area is 96.7 Å². The number of rotatable bonds is 4. The second-order valence-electron chi connectivity index (χ2n) is 3.94. The SMILES string of the molecule is CCC(CC)C(=O)N1CCOC(CCl)C1. The molecule has 0 N–H and O–H groups in total. The molecule has 0 radical (unpaired) electrons. The summed E-state index contributed by atoms with van der Waals surface area (Å²) in [7, 11) is 0. The summed E-state index contributed by atoms with van der Waals surface area (Å²) in [5.41, 5.74) is 0. The highest BCUT2D eigenvalue weighted by molar-refractivity contribution is 6.18. The molecule has 1 saturated heterocycles. The van der Waals surface area contributed by atoms with Crippen molar-refractivity contribution in [1.82, 2.24) is 4.90 Å². The highest BCUT2D eigenvalue weighted by atomic mass is 35.5. The zero-order chi connectivity index (χ0) is 11.3. The number of hydrogen-bond acceptors (Lipinski definition) is 2. The Bertz CT molecular complexity index is 207. The predicted octanol–water partition coefficient (Wildman–Crippen LogP) is 1.89. The summed E-state index contributed by atoms with van der Waals surface area (Å²) in [6.07, 6.45) is 1.84. The molecule has 0 aromatic heterocycles. The molecule has 0 aliphatic carbocycles. The first kappa shape index (κ1) is 12.8. The summed E-state index contributed by atoms with van der Waals surface area (Å²) in [5, 5.41) is 0. The molecular formula is C11H20ClNO2. The van der Waals surface area contributed by atoms with Gasteiger partial charge in [-0.1, -0.05) is 13.8 Å². The van der Waals surface area contributed by atoms with Gasteiger partial charge in [-0.3, -0.25) is 4.79 Å². The van der Waals surface area contributed by atoms with E-state index in [0.717, 1.165) is 12.8 Å². The lowest BCUT2D eigenvalue weighted by atomic mass is 10.0. The third kappa shape index (κ3) is 3.35. The number of carbonyl (C=O) groups is 1. The molecule has 1 unspecified atom stereocenters. The van der Waals surface area contributed by atoms with Crippen molar-refractivity contribution in [3.8, 4) is 0 Å². The Balaban J connectivity index is 2.51. The number of hydrogen-bond donors (Lipinski definition) is 0. The molecule has 4 heteroatoms. The summed E-state index contributed by atoms with van der Waals surface area (Å²) >= 11 is 5.73. The van der Waals surface area contributed by atoms with Crippen LogP contribution in [0.25, 0.3) is 0 Å². The van der Waals surface area contributed by atoms with E-state index < -0.39 is 0 Å². The van der Waals surface area contributed by atoms with E-state index in [2.05, 4.69) is 13.8 Å². The Morgan fingerprint density at radius 2 is 2.20 bits per heavy atom.